The number of alkyl halides is 3. The summed E-state index contributed by atoms with van der Waals surface area (Å²) in [6.45, 7) is 3.94. The first-order chi connectivity index (χ1) is 7.54. The van der Waals surface area contributed by atoms with Crippen LogP contribution in [0.1, 0.15) is 25.6 Å². The topological polar surface area (TPSA) is 29.0 Å². The number of nitrogens with zero attached hydrogens (tertiary/aromatic N) is 3. The smallest absolute Gasteiger partial charge is 0.255 e. The molecule has 0 bridgehead atoms. The maximum absolute atomic E-state index is 12.3. The molecule has 0 saturated carbocycles. The van der Waals surface area contributed by atoms with Crippen molar-refractivity contribution in [3.8, 4) is 0 Å². The van der Waals surface area contributed by atoms with Crippen LogP contribution in [0.25, 0.3) is 0 Å². The minimum Gasteiger partial charge on any atom is -0.340 e. The van der Waals surface area contributed by atoms with E-state index in [2.05, 4.69) is 9.36 Å². The lowest BCUT2D eigenvalue weighted by atomic mass is 10.2. The summed E-state index contributed by atoms with van der Waals surface area (Å²) in [4.78, 5) is 5.70. The van der Waals surface area contributed by atoms with Gasteiger partial charge in [0.25, 0.3) is 6.43 Å². The van der Waals surface area contributed by atoms with Crippen LogP contribution in [0.2, 0.25) is 0 Å². The zero-order chi connectivity index (χ0) is 12.1. The molecule has 0 spiro atoms. The first-order valence-electron chi connectivity index (χ1n) is 4.97. The zero-order valence-electron chi connectivity index (χ0n) is 9.16. The molecule has 1 rings (SSSR count). The van der Waals surface area contributed by atoms with E-state index < -0.39 is 6.43 Å². The van der Waals surface area contributed by atoms with E-state index in [1.807, 2.05) is 13.8 Å². The van der Waals surface area contributed by atoms with Gasteiger partial charge in [-0.1, -0.05) is 13.8 Å². The van der Waals surface area contributed by atoms with Crippen molar-refractivity contribution in [2.24, 2.45) is 0 Å². The first-order valence-corrected chi connectivity index (χ1v) is 6.28. The Kier molecular flexibility index (Phi) is 5.34. The molecule has 1 aromatic rings. The highest BCUT2D eigenvalue weighted by atomic mass is 35.5. The van der Waals surface area contributed by atoms with Crippen molar-refractivity contribution >= 4 is 28.3 Å². The molecule has 0 aliphatic heterocycles. The maximum Gasteiger partial charge on any atom is 0.255 e. The Morgan fingerprint density at radius 1 is 1.44 bits per heavy atom. The zero-order valence-corrected chi connectivity index (χ0v) is 10.7. The standard InChI is InChI=1S/C9H14ClF2N3S/c1-6(2)8-13-9(16-14-8)15(4-3-10)5-7(11)12/h6-7H,3-5H2,1-2H3. The van der Waals surface area contributed by atoms with Crippen LogP contribution in [0.4, 0.5) is 13.9 Å². The second-order valence-corrected chi connectivity index (χ2v) is 4.72. The number of anilines is 1. The normalized spacial score (nSPS) is 11.4. The Balaban J connectivity index is 2.75. The monoisotopic (exact) mass is 269 g/mol. The average molecular weight is 270 g/mol. The van der Waals surface area contributed by atoms with Crippen LogP contribution in [0, 0.1) is 0 Å². The SMILES string of the molecule is CC(C)c1nsc(N(CCCl)CC(F)F)n1. The summed E-state index contributed by atoms with van der Waals surface area (Å²) in [5, 5.41) is 0.518. The van der Waals surface area contributed by atoms with Crippen molar-refractivity contribution in [3.05, 3.63) is 5.82 Å². The third kappa shape index (κ3) is 3.83. The van der Waals surface area contributed by atoms with Gasteiger partial charge in [-0.2, -0.15) is 4.37 Å². The molecule has 1 heterocycles. The van der Waals surface area contributed by atoms with Crippen LogP contribution in [-0.2, 0) is 0 Å². The Labute approximate surface area is 103 Å². The van der Waals surface area contributed by atoms with Crippen molar-refractivity contribution in [1.82, 2.24) is 9.36 Å². The van der Waals surface area contributed by atoms with Crippen LogP contribution < -0.4 is 4.90 Å². The van der Waals surface area contributed by atoms with E-state index in [0.717, 1.165) is 11.5 Å². The molecule has 1 aromatic heterocycles. The van der Waals surface area contributed by atoms with Gasteiger partial charge in [-0.15, -0.1) is 11.6 Å². The fourth-order valence-electron chi connectivity index (χ4n) is 1.12. The van der Waals surface area contributed by atoms with Crippen molar-refractivity contribution < 1.29 is 8.78 Å². The van der Waals surface area contributed by atoms with Crippen LogP contribution >= 0.6 is 23.1 Å². The van der Waals surface area contributed by atoms with E-state index in [-0.39, 0.29) is 12.5 Å². The van der Waals surface area contributed by atoms with Gasteiger partial charge in [-0.25, -0.2) is 13.8 Å². The third-order valence-corrected chi connectivity index (χ3v) is 2.89. The van der Waals surface area contributed by atoms with Gasteiger partial charge in [0.2, 0.25) is 5.13 Å². The maximum atomic E-state index is 12.3. The summed E-state index contributed by atoms with van der Waals surface area (Å²) >= 11 is 6.71. The highest BCUT2D eigenvalue weighted by Crippen LogP contribution is 2.22. The quantitative estimate of drug-likeness (QED) is 0.744. The van der Waals surface area contributed by atoms with Crippen LogP contribution in [-0.4, -0.2) is 34.8 Å². The predicted octanol–water partition coefficient (Wildman–Crippen LogP) is 2.97. The first kappa shape index (κ1) is 13.6. The molecule has 0 aliphatic carbocycles. The molecular weight excluding hydrogens is 256 g/mol. The molecule has 92 valence electrons. The van der Waals surface area contributed by atoms with Gasteiger partial charge in [0.05, 0.1) is 6.54 Å². The second kappa shape index (κ2) is 6.30. The second-order valence-electron chi connectivity index (χ2n) is 3.62. The number of hydrogen-bond donors (Lipinski definition) is 0. The number of aromatic nitrogens is 2. The molecule has 0 radical (unpaired) electrons. The summed E-state index contributed by atoms with van der Waals surface area (Å²) in [6.07, 6.45) is -2.39. The molecular formula is C9H14ClF2N3S. The Hall–Kier alpha value is -0.490. The summed E-state index contributed by atoms with van der Waals surface area (Å²) in [7, 11) is 0. The molecule has 0 saturated heterocycles. The van der Waals surface area contributed by atoms with Crippen molar-refractivity contribution in [3.63, 3.8) is 0 Å². The molecule has 0 aliphatic rings. The van der Waals surface area contributed by atoms with E-state index in [1.165, 1.54) is 4.90 Å². The molecule has 0 amide bonds. The van der Waals surface area contributed by atoms with Gasteiger partial charge in [-0.3, -0.25) is 0 Å². The fourth-order valence-corrected chi connectivity index (χ4v) is 2.17. The number of hydrogen-bond acceptors (Lipinski definition) is 4. The molecule has 0 fully saturated rings. The minimum atomic E-state index is -2.39. The lowest BCUT2D eigenvalue weighted by molar-refractivity contribution is 0.155. The van der Waals surface area contributed by atoms with E-state index in [4.69, 9.17) is 11.6 Å². The molecule has 0 unspecified atom stereocenters. The van der Waals surface area contributed by atoms with Crippen LogP contribution in [0.15, 0.2) is 0 Å². The highest BCUT2D eigenvalue weighted by Gasteiger charge is 2.17. The Morgan fingerprint density at radius 3 is 2.56 bits per heavy atom. The van der Waals surface area contributed by atoms with E-state index in [9.17, 15) is 8.78 Å². The summed E-state index contributed by atoms with van der Waals surface area (Å²) < 4.78 is 28.8. The molecule has 0 atom stereocenters. The van der Waals surface area contributed by atoms with Crippen molar-refractivity contribution in [2.75, 3.05) is 23.9 Å². The third-order valence-electron chi connectivity index (χ3n) is 1.93. The largest absolute Gasteiger partial charge is 0.340 e. The lowest BCUT2D eigenvalue weighted by Crippen LogP contribution is -2.30. The summed E-state index contributed by atoms with van der Waals surface area (Å²) in [5.74, 6) is 1.19. The molecule has 7 heteroatoms. The van der Waals surface area contributed by atoms with Gasteiger partial charge < -0.3 is 4.90 Å². The summed E-state index contributed by atoms with van der Waals surface area (Å²) in [5.41, 5.74) is 0. The molecule has 3 nitrogen and oxygen atoms in total. The Morgan fingerprint density at radius 2 is 2.12 bits per heavy atom. The van der Waals surface area contributed by atoms with Gasteiger partial charge in [0.1, 0.15) is 5.82 Å². The van der Waals surface area contributed by atoms with Crippen molar-refractivity contribution in [1.29, 1.82) is 0 Å². The van der Waals surface area contributed by atoms with Gasteiger partial charge in [-0.05, 0) is 0 Å². The molecule has 0 aromatic carbocycles. The fraction of sp³-hybridized carbons (Fsp3) is 0.778. The highest BCUT2D eigenvalue weighted by molar-refractivity contribution is 7.09. The number of rotatable bonds is 6. The number of halogens is 3. The predicted molar refractivity (Wildman–Crippen MR) is 62.9 cm³/mol. The molecule has 16 heavy (non-hydrogen) atoms. The Bertz CT molecular complexity index is 319. The molecule has 0 N–H and O–H groups in total. The van der Waals surface area contributed by atoms with E-state index in [1.54, 1.807) is 0 Å². The van der Waals surface area contributed by atoms with Gasteiger partial charge >= 0.3 is 0 Å². The van der Waals surface area contributed by atoms with Gasteiger partial charge in [0.15, 0.2) is 0 Å². The van der Waals surface area contributed by atoms with Crippen molar-refractivity contribution in [2.45, 2.75) is 26.2 Å². The van der Waals surface area contributed by atoms with E-state index in [0.29, 0.717) is 23.4 Å². The van der Waals surface area contributed by atoms with E-state index >= 15 is 0 Å². The summed E-state index contributed by atoms with van der Waals surface area (Å²) in [6, 6.07) is 0. The van der Waals surface area contributed by atoms with Crippen LogP contribution in [0.5, 0.6) is 0 Å². The van der Waals surface area contributed by atoms with Crippen LogP contribution in [0.3, 0.4) is 0 Å². The minimum absolute atomic E-state index is 0.203. The lowest BCUT2D eigenvalue weighted by Gasteiger charge is -2.19. The average Bonchev–Trinajstić information content (AvgIpc) is 2.65. The van der Waals surface area contributed by atoms with Gasteiger partial charge in [0, 0.05) is 29.9 Å².